The first-order valence-corrected chi connectivity index (χ1v) is 17.7. The minimum atomic E-state index is -4.48. The van der Waals surface area contributed by atoms with Gasteiger partial charge < -0.3 is 28.2 Å². The van der Waals surface area contributed by atoms with E-state index in [0.29, 0.717) is 39.0 Å². The molecule has 1 aromatic heterocycles. The third-order valence-corrected chi connectivity index (χ3v) is 8.06. The molecule has 0 amide bonds. The summed E-state index contributed by atoms with van der Waals surface area (Å²) in [5.41, 5.74) is 0. The number of phosphoric acid groups is 1. The Bertz CT molecular complexity index is 798. The molecular weight excluding hydrogens is 557 g/mol. The van der Waals surface area contributed by atoms with E-state index in [1.165, 1.54) is 84.2 Å². The zero-order valence-electron chi connectivity index (χ0n) is 26.4. The summed E-state index contributed by atoms with van der Waals surface area (Å²) < 4.78 is 40.5. The zero-order chi connectivity index (χ0) is 30.6. The molecule has 2 unspecified atom stereocenters. The van der Waals surface area contributed by atoms with E-state index >= 15 is 0 Å². The number of unbranched alkanes of at least 4 members (excludes halogenated alkanes) is 14. The summed E-state index contributed by atoms with van der Waals surface area (Å²) in [6.07, 6.45) is 22.9. The number of carbonyl (C=O) groups excluding carboxylic acids is 1. The minimum Gasteiger partial charge on any atom is -0.756 e. The highest BCUT2D eigenvalue weighted by molar-refractivity contribution is 7.45. The first kappa shape index (κ1) is 38.7. The average molecular weight is 616 g/mol. The summed E-state index contributed by atoms with van der Waals surface area (Å²) in [7, 11) is -3.12. The van der Waals surface area contributed by atoms with Crippen molar-refractivity contribution in [3.05, 3.63) is 30.6 Å². The molecule has 1 heterocycles. The zero-order valence-corrected chi connectivity index (χ0v) is 27.3. The summed E-state index contributed by atoms with van der Waals surface area (Å²) in [6, 6.07) is 5.61. The van der Waals surface area contributed by atoms with Crippen LogP contribution in [0.3, 0.4) is 0 Å². The number of carbonyl (C=O) groups is 1. The van der Waals surface area contributed by atoms with Gasteiger partial charge in [-0.2, -0.15) is 0 Å². The molecule has 244 valence electrons. The second-order valence-corrected chi connectivity index (χ2v) is 12.3. The normalized spacial score (nSPS) is 13.6. The molecule has 10 heteroatoms. The van der Waals surface area contributed by atoms with E-state index in [9.17, 15) is 14.3 Å². The topological polar surface area (TPSA) is 107 Å². The van der Waals surface area contributed by atoms with Crippen LogP contribution in [-0.2, 0) is 39.2 Å². The number of methoxy groups -OCH3 is 1. The van der Waals surface area contributed by atoms with Crippen LogP contribution in [0.2, 0.25) is 0 Å². The monoisotopic (exact) mass is 615 g/mol. The number of esters is 1. The van der Waals surface area contributed by atoms with E-state index in [2.05, 4.69) is 11.7 Å². The van der Waals surface area contributed by atoms with Crippen LogP contribution in [0, 0.1) is 0 Å². The third kappa shape index (κ3) is 24.1. The molecule has 2 atom stereocenters. The van der Waals surface area contributed by atoms with Crippen molar-refractivity contribution in [3.8, 4) is 0 Å². The summed E-state index contributed by atoms with van der Waals surface area (Å²) in [6.45, 7) is 3.63. The lowest BCUT2D eigenvalue weighted by Crippen LogP contribution is -2.35. The van der Waals surface area contributed by atoms with Crippen LogP contribution in [0.25, 0.3) is 0 Å². The maximum absolute atomic E-state index is 12.3. The molecule has 0 saturated heterocycles. The molecule has 0 radical (unpaired) electrons. The van der Waals surface area contributed by atoms with Crippen LogP contribution in [0.15, 0.2) is 30.6 Å². The van der Waals surface area contributed by atoms with Gasteiger partial charge in [-0.1, -0.05) is 96.5 Å². The van der Waals surface area contributed by atoms with E-state index in [4.69, 9.17) is 18.5 Å². The molecule has 0 saturated carbocycles. The number of rotatable bonds is 30. The lowest BCUT2D eigenvalue weighted by Gasteiger charge is -2.25. The molecule has 1 rings (SSSR count). The fourth-order valence-corrected chi connectivity index (χ4v) is 5.26. The summed E-state index contributed by atoms with van der Waals surface area (Å²) in [5, 5.41) is 0. The second kappa shape index (κ2) is 27.2. The quantitative estimate of drug-likeness (QED) is 0.0407. The highest BCUT2D eigenvalue weighted by atomic mass is 31.2. The fourth-order valence-electron chi connectivity index (χ4n) is 4.53. The first-order chi connectivity index (χ1) is 20.5. The fraction of sp³-hybridized carbons (Fsp3) is 0.812. The predicted molar refractivity (Wildman–Crippen MR) is 163 cm³/mol. The standard InChI is InChI=1S/C32H58NO8P/c1-3-4-5-6-7-8-9-10-11-12-13-14-15-20-26-38-29-31(39-27-21-17-22-32(34)37-2)30-41-42(35,36)40-28-25-33-23-18-16-19-24-33/h16,18-19,23-24,31H,3-15,17,20-22,25-30H2,1-2H3. The van der Waals surface area contributed by atoms with Crippen molar-refractivity contribution >= 4 is 13.8 Å². The van der Waals surface area contributed by atoms with E-state index in [1.807, 2.05) is 35.2 Å². The van der Waals surface area contributed by atoms with Crippen LogP contribution in [0.1, 0.15) is 116 Å². The van der Waals surface area contributed by atoms with Crippen LogP contribution in [0.5, 0.6) is 0 Å². The number of phosphoric ester groups is 1. The van der Waals surface area contributed by atoms with E-state index in [1.54, 1.807) is 0 Å². The van der Waals surface area contributed by atoms with Gasteiger partial charge in [0.2, 0.25) is 0 Å². The van der Waals surface area contributed by atoms with Gasteiger partial charge >= 0.3 is 5.97 Å². The van der Waals surface area contributed by atoms with Gasteiger partial charge in [0.15, 0.2) is 18.9 Å². The third-order valence-electron chi connectivity index (χ3n) is 7.10. The number of aromatic nitrogens is 1. The molecule has 42 heavy (non-hydrogen) atoms. The molecule has 0 spiro atoms. The van der Waals surface area contributed by atoms with Crippen molar-refractivity contribution in [1.29, 1.82) is 0 Å². The summed E-state index contributed by atoms with van der Waals surface area (Å²) >= 11 is 0. The SMILES string of the molecule is CCCCCCCCCCCCCCCCOCC(COP(=O)([O-])OCC[n+]1ccccc1)OCCCCC(=O)OC. The smallest absolute Gasteiger partial charge is 0.305 e. The van der Waals surface area contributed by atoms with Crippen molar-refractivity contribution in [3.63, 3.8) is 0 Å². The van der Waals surface area contributed by atoms with Crippen molar-refractivity contribution in [2.45, 2.75) is 129 Å². The van der Waals surface area contributed by atoms with Gasteiger partial charge in [-0.15, -0.1) is 0 Å². The average Bonchev–Trinajstić information content (AvgIpc) is 2.99. The van der Waals surface area contributed by atoms with Crippen LogP contribution < -0.4 is 9.46 Å². The molecule has 9 nitrogen and oxygen atoms in total. The van der Waals surface area contributed by atoms with Gasteiger partial charge in [-0.25, -0.2) is 4.57 Å². The van der Waals surface area contributed by atoms with Gasteiger partial charge in [0, 0.05) is 31.8 Å². The van der Waals surface area contributed by atoms with Gasteiger partial charge in [0.05, 0.1) is 20.3 Å². The molecule has 0 aromatic carbocycles. The first-order valence-electron chi connectivity index (χ1n) is 16.3. The van der Waals surface area contributed by atoms with Crippen molar-refractivity contribution in [2.75, 3.05) is 40.1 Å². The van der Waals surface area contributed by atoms with Crippen molar-refractivity contribution in [2.24, 2.45) is 0 Å². The Kier molecular flexibility index (Phi) is 25.1. The Morgan fingerprint density at radius 2 is 1.31 bits per heavy atom. The lowest BCUT2D eigenvalue weighted by molar-refractivity contribution is -0.697. The van der Waals surface area contributed by atoms with E-state index < -0.39 is 13.9 Å². The molecule has 0 N–H and O–H groups in total. The highest BCUT2D eigenvalue weighted by Gasteiger charge is 2.17. The Hall–Kier alpha value is -1.35. The maximum atomic E-state index is 12.3. The molecule has 0 bridgehead atoms. The maximum Gasteiger partial charge on any atom is 0.305 e. The minimum absolute atomic E-state index is 0.0237. The van der Waals surface area contributed by atoms with Gasteiger partial charge in [0.25, 0.3) is 7.82 Å². The van der Waals surface area contributed by atoms with Crippen LogP contribution in [-0.4, -0.2) is 52.2 Å². The molecule has 0 aliphatic rings. The van der Waals surface area contributed by atoms with Gasteiger partial charge in [0.1, 0.15) is 12.7 Å². The van der Waals surface area contributed by atoms with Crippen molar-refractivity contribution < 1.29 is 42.1 Å². The molecule has 0 fully saturated rings. The molecular formula is C32H58NO8P. The number of pyridine rings is 1. The van der Waals surface area contributed by atoms with Crippen molar-refractivity contribution in [1.82, 2.24) is 0 Å². The number of hydrogen-bond acceptors (Lipinski definition) is 8. The summed E-state index contributed by atoms with van der Waals surface area (Å²) in [4.78, 5) is 23.5. The molecule has 0 aliphatic carbocycles. The Labute approximate surface area is 255 Å². The Balaban J connectivity index is 2.19. The van der Waals surface area contributed by atoms with E-state index in [-0.39, 0.29) is 25.8 Å². The number of ether oxygens (including phenoxy) is 3. The Morgan fingerprint density at radius 3 is 1.90 bits per heavy atom. The van der Waals surface area contributed by atoms with Crippen LogP contribution >= 0.6 is 7.82 Å². The van der Waals surface area contributed by atoms with Gasteiger partial charge in [-0.3, -0.25) is 9.36 Å². The largest absolute Gasteiger partial charge is 0.756 e. The van der Waals surface area contributed by atoms with Crippen LogP contribution in [0.4, 0.5) is 0 Å². The summed E-state index contributed by atoms with van der Waals surface area (Å²) in [5.74, 6) is -0.260. The molecule has 0 aliphatic heterocycles. The van der Waals surface area contributed by atoms with Gasteiger partial charge in [-0.05, 0) is 19.3 Å². The number of nitrogens with zero attached hydrogens (tertiary/aromatic N) is 1. The molecule has 1 aromatic rings. The lowest BCUT2D eigenvalue weighted by atomic mass is 10.0. The Morgan fingerprint density at radius 1 is 0.738 bits per heavy atom. The van der Waals surface area contributed by atoms with E-state index in [0.717, 1.165) is 12.8 Å². The highest BCUT2D eigenvalue weighted by Crippen LogP contribution is 2.38. The predicted octanol–water partition coefficient (Wildman–Crippen LogP) is 6.70. The second-order valence-electron chi connectivity index (χ2n) is 10.9. The number of hydrogen-bond donors (Lipinski definition) is 0.